The largest absolute Gasteiger partial charge is 0.464 e. The summed E-state index contributed by atoms with van der Waals surface area (Å²) in [6.45, 7) is 0. The molecule has 0 amide bonds. The molecule has 0 N–H and O–H groups in total. The lowest BCUT2D eigenvalue weighted by Crippen LogP contribution is -2.00. The van der Waals surface area contributed by atoms with E-state index in [2.05, 4.69) is 9.72 Å². The Bertz CT molecular complexity index is 481. The molecule has 2 aromatic rings. The predicted octanol–water partition coefficient (Wildman–Crippen LogP) is 2.72. The SMILES string of the molecule is COC(=O)c1csc(Oc2ccccc2)n1. The Morgan fingerprint density at radius 2 is 2.06 bits per heavy atom. The molecular formula is C11H9NO3S. The summed E-state index contributed by atoms with van der Waals surface area (Å²) in [5.74, 6) is 0.229. The number of para-hydroxylation sites is 1. The molecule has 1 aromatic carbocycles. The number of methoxy groups -OCH3 is 1. The average molecular weight is 235 g/mol. The summed E-state index contributed by atoms with van der Waals surface area (Å²) in [6.07, 6.45) is 0. The van der Waals surface area contributed by atoms with E-state index in [-0.39, 0.29) is 5.69 Å². The van der Waals surface area contributed by atoms with Crippen molar-refractivity contribution in [2.45, 2.75) is 0 Å². The van der Waals surface area contributed by atoms with E-state index in [9.17, 15) is 4.79 Å². The van der Waals surface area contributed by atoms with E-state index in [1.807, 2.05) is 30.3 Å². The van der Waals surface area contributed by atoms with Crippen molar-refractivity contribution in [3.8, 4) is 10.9 Å². The molecule has 5 heteroatoms. The topological polar surface area (TPSA) is 48.4 Å². The number of esters is 1. The molecule has 0 spiro atoms. The summed E-state index contributed by atoms with van der Waals surface area (Å²) < 4.78 is 10.0. The van der Waals surface area contributed by atoms with Crippen molar-refractivity contribution in [3.05, 3.63) is 41.4 Å². The zero-order chi connectivity index (χ0) is 11.4. The Morgan fingerprint density at radius 1 is 1.31 bits per heavy atom. The van der Waals surface area contributed by atoms with E-state index < -0.39 is 5.97 Å². The van der Waals surface area contributed by atoms with Crippen molar-refractivity contribution < 1.29 is 14.3 Å². The van der Waals surface area contributed by atoms with E-state index in [1.165, 1.54) is 18.4 Å². The Kier molecular flexibility index (Phi) is 3.16. The van der Waals surface area contributed by atoms with Crippen LogP contribution in [0.15, 0.2) is 35.7 Å². The minimum Gasteiger partial charge on any atom is -0.464 e. The van der Waals surface area contributed by atoms with Gasteiger partial charge in [0.2, 0.25) is 0 Å². The minimum atomic E-state index is -0.459. The number of aromatic nitrogens is 1. The number of thiazole rings is 1. The van der Waals surface area contributed by atoms with Gasteiger partial charge in [0.15, 0.2) is 5.69 Å². The van der Waals surface area contributed by atoms with Crippen molar-refractivity contribution in [1.82, 2.24) is 4.98 Å². The van der Waals surface area contributed by atoms with E-state index in [0.717, 1.165) is 0 Å². The van der Waals surface area contributed by atoms with Crippen molar-refractivity contribution in [1.29, 1.82) is 0 Å². The molecule has 0 aliphatic heterocycles. The lowest BCUT2D eigenvalue weighted by Gasteiger charge is -1.99. The number of carbonyl (C=O) groups is 1. The summed E-state index contributed by atoms with van der Waals surface area (Å²) in [4.78, 5) is 15.1. The van der Waals surface area contributed by atoms with Gasteiger partial charge in [0.1, 0.15) is 5.75 Å². The van der Waals surface area contributed by atoms with E-state index in [4.69, 9.17) is 4.74 Å². The molecule has 0 aliphatic rings. The monoisotopic (exact) mass is 235 g/mol. The average Bonchev–Trinajstić information content (AvgIpc) is 2.78. The Morgan fingerprint density at radius 3 is 2.75 bits per heavy atom. The standard InChI is InChI=1S/C11H9NO3S/c1-14-10(13)9-7-16-11(12-9)15-8-5-3-2-4-6-8/h2-7H,1H3. The molecule has 16 heavy (non-hydrogen) atoms. The Balaban J connectivity index is 2.12. The van der Waals surface area contributed by atoms with E-state index in [1.54, 1.807) is 5.38 Å². The minimum absolute atomic E-state index is 0.262. The maximum Gasteiger partial charge on any atom is 0.357 e. The summed E-state index contributed by atoms with van der Waals surface area (Å²) in [5, 5.41) is 2.02. The molecule has 0 saturated carbocycles. The van der Waals surface area contributed by atoms with Crippen LogP contribution in [0.2, 0.25) is 0 Å². The van der Waals surface area contributed by atoms with E-state index in [0.29, 0.717) is 10.9 Å². The van der Waals surface area contributed by atoms with Gasteiger partial charge < -0.3 is 9.47 Å². The van der Waals surface area contributed by atoms with Gasteiger partial charge in [-0.1, -0.05) is 29.5 Å². The highest BCUT2D eigenvalue weighted by atomic mass is 32.1. The molecule has 0 aliphatic carbocycles. The van der Waals surface area contributed by atoms with Crippen LogP contribution in [0.1, 0.15) is 10.5 Å². The van der Waals surface area contributed by atoms with Crippen molar-refractivity contribution in [3.63, 3.8) is 0 Å². The molecule has 0 fully saturated rings. The molecule has 0 unspecified atom stereocenters. The Labute approximate surface area is 96.5 Å². The fourth-order valence-electron chi connectivity index (χ4n) is 1.09. The number of rotatable bonds is 3. The third-order valence-corrected chi connectivity index (χ3v) is 2.54. The second-order valence-corrected chi connectivity index (χ2v) is 3.73. The normalized spacial score (nSPS) is 9.81. The number of ether oxygens (including phenoxy) is 2. The molecule has 0 saturated heterocycles. The number of benzene rings is 1. The van der Waals surface area contributed by atoms with Gasteiger partial charge in [0.05, 0.1) is 7.11 Å². The smallest absolute Gasteiger partial charge is 0.357 e. The molecule has 0 atom stereocenters. The van der Waals surface area contributed by atoms with Crippen molar-refractivity contribution in [2.75, 3.05) is 7.11 Å². The number of hydrogen-bond donors (Lipinski definition) is 0. The van der Waals surface area contributed by atoms with E-state index >= 15 is 0 Å². The van der Waals surface area contributed by atoms with Crippen molar-refractivity contribution >= 4 is 17.3 Å². The maximum atomic E-state index is 11.1. The zero-order valence-corrected chi connectivity index (χ0v) is 9.36. The molecule has 82 valence electrons. The first-order valence-corrected chi connectivity index (χ1v) is 5.44. The second kappa shape index (κ2) is 4.76. The molecule has 0 radical (unpaired) electrons. The van der Waals surface area contributed by atoms with Crippen molar-refractivity contribution in [2.24, 2.45) is 0 Å². The second-order valence-electron chi connectivity index (χ2n) is 2.91. The third kappa shape index (κ3) is 2.38. The number of nitrogens with zero attached hydrogens (tertiary/aromatic N) is 1. The van der Waals surface area contributed by atoms with Crippen LogP contribution in [-0.4, -0.2) is 18.1 Å². The van der Waals surface area contributed by atoms with Crippen LogP contribution in [-0.2, 0) is 4.74 Å². The van der Waals surface area contributed by atoms with Crippen LogP contribution >= 0.6 is 11.3 Å². The van der Waals surface area contributed by atoms with Crippen LogP contribution in [0.4, 0.5) is 0 Å². The zero-order valence-electron chi connectivity index (χ0n) is 8.54. The number of hydrogen-bond acceptors (Lipinski definition) is 5. The molecule has 1 aromatic heterocycles. The molecule has 0 bridgehead atoms. The molecule has 4 nitrogen and oxygen atoms in total. The van der Waals surface area contributed by atoms with Gasteiger partial charge in [-0.3, -0.25) is 0 Å². The lowest BCUT2D eigenvalue weighted by atomic mass is 10.3. The first-order chi connectivity index (χ1) is 7.79. The first kappa shape index (κ1) is 10.6. The van der Waals surface area contributed by atoms with Gasteiger partial charge in [0.25, 0.3) is 5.19 Å². The van der Waals surface area contributed by atoms with Gasteiger partial charge in [-0.2, -0.15) is 4.98 Å². The number of carbonyl (C=O) groups excluding carboxylic acids is 1. The highest BCUT2D eigenvalue weighted by Gasteiger charge is 2.11. The van der Waals surface area contributed by atoms with Crippen LogP contribution in [0.5, 0.6) is 10.9 Å². The third-order valence-electron chi connectivity index (χ3n) is 1.83. The highest BCUT2D eigenvalue weighted by Crippen LogP contribution is 2.24. The Hall–Kier alpha value is -1.88. The van der Waals surface area contributed by atoms with Crippen LogP contribution in [0.3, 0.4) is 0 Å². The summed E-state index contributed by atoms with van der Waals surface area (Å²) in [6, 6.07) is 9.27. The van der Waals surface area contributed by atoms with Crippen LogP contribution < -0.4 is 4.74 Å². The molecule has 1 heterocycles. The first-order valence-electron chi connectivity index (χ1n) is 4.56. The van der Waals surface area contributed by atoms with Gasteiger partial charge in [0, 0.05) is 5.38 Å². The van der Waals surface area contributed by atoms with Gasteiger partial charge >= 0.3 is 5.97 Å². The van der Waals surface area contributed by atoms with Crippen LogP contribution in [0, 0.1) is 0 Å². The molecular weight excluding hydrogens is 226 g/mol. The molecule has 2 rings (SSSR count). The highest BCUT2D eigenvalue weighted by molar-refractivity contribution is 7.11. The summed E-state index contributed by atoms with van der Waals surface area (Å²) in [5.41, 5.74) is 0.262. The van der Waals surface area contributed by atoms with Gasteiger partial charge in [-0.15, -0.1) is 0 Å². The fraction of sp³-hybridized carbons (Fsp3) is 0.0909. The lowest BCUT2D eigenvalue weighted by molar-refractivity contribution is 0.0594. The summed E-state index contributed by atoms with van der Waals surface area (Å²) >= 11 is 1.25. The van der Waals surface area contributed by atoms with Crippen LogP contribution in [0.25, 0.3) is 0 Å². The van der Waals surface area contributed by atoms with Gasteiger partial charge in [-0.05, 0) is 12.1 Å². The fourth-order valence-corrected chi connectivity index (χ4v) is 1.75. The van der Waals surface area contributed by atoms with Gasteiger partial charge in [-0.25, -0.2) is 4.79 Å². The quantitative estimate of drug-likeness (QED) is 0.767. The maximum absolute atomic E-state index is 11.1. The predicted molar refractivity (Wildman–Crippen MR) is 60.0 cm³/mol. The summed E-state index contributed by atoms with van der Waals surface area (Å²) in [7, 11) is 1.32.